The lowest BCUT2D eigenvalue weighted by Gasteiger charge is -2.14. The van der Waals surface area contributed by atoms with Crippen LogP contribution in [0.4, 0.5) is 0 Å². The van der Waals surface area contributed by atoms with Crippen molar-refractivity contribution in [1.82, 2.24) is 24.9 Å². The number of hydrogen-bond donors (Lipinski definition) is 1. The minimum absolute atomic E-state index is 0.117. The highest BCUT2D eigenvalue weighted by Crippen LogP contribution is 1.95. The summed E-state index contributed by atoms with van der Waals surface area (Å²) in [6.45, 7) is 3.09. The van der Waals surface area contributed by atoms with Crippen LogP contribution in [0.15, 0.2) is 35.4 Å². The van der Waals surface area contributed by atoms with Crippen LogP contribution in [0.25, 0.3) is 0 Å². The number of amides is 1. The molecular formula is C14H19N5O3. The Kier molecular flexibility index (Phi) is 5.42. The average Bonchev–Trinajstić information content (AvgIpc) is 2.99. The van der Waals surface area contributed by atoms with Crippen LogP contribution < -0.4 is 10.9 Å². The summed E-state index contributed by atoms with van der Waals surface area (Å²) in [7, 11) is 1.54. The maximum absolute atomic E-state index is 12.2. The van der Waals surface area contributed by atoms with Gasteiger partial charge in [0.05, 0.1) is 19.7 Å². The molecule has 8 heteroatoms. The monoisotopic (exact) mass is 305 g/mol. The van der Waals surface area contributed by atoms with E-state index in [0.29, 0.717) is 19.7 Å². The number of ether oxygens (including phenoxy) is 1. The zero-order valence-corrected chi connectivity index (χ0v) is 12.6. The first-order valence-corrected chi connectivity index (χ1v) is 6.95. The van der Waals surface area contributed by atoms with Crippen LogP contribution >= 0.6 is 0 Å². The summed E-state index contributed by atoms with van der Waals surface area (Å²) in [5.41, 5.74) is -0.0683. The second kappa shape index (κ2) is 7.51. The number of methoxy groups -OCH3 is 1. The molecule has 1 unspecified atom stereocenters. The van der Waals surface area contributed by atoms with Gasteiger partial charge in [-0.2, -0.15) is 10.2 Å². The molecule has 0 aliphatic heterocycles. The molecule has 0 aliphatic carbocycles. The lowest BCUT2D eigenvalue weighted by Crippen LogP contribution is -2.37. The topological polar surface area (TPSA) is 91.0 Å². The van der Waals surface area contributed by atoms with E-state index in [4.69, 9.17) is 4.74 Å². The van der Waals surface area contributed by atoms with E-state index >= 15 is 0 Å². The smallest absolute Gasteiger partial charge is 0.271 e. The van der Waals surface area contributed by atoms with Crippen molar-refractivity contribution in [2.45, 2.75) is 26.1 Å². The van der Waals surface area contributed by atoms with E-state index < -0.39 is 0 Å². The van der Waals surface area contributed by atoms with Gasteiger partial charge in [0.25, 0.3) is 11.5 Å². The van der Waals surface area contributed by atoms with Crippen molar-refractivity contribution < 1.29 is 9.53 Å². The predicted molar refractivity (Wildman–Crippen MR) is 79.5 cm³/mol. The molecule has 0 aromatic carbocycles. The minimum atomic E-state index is -0.328. The van der Waals surface area contributed by atoms with E-state index in [1.165, 1.54) is 16.8 Å². The molecule has 1 atom stereocenters. The third kappa shape index (κ3) is 4.26. The first-order valence-electron chi connectivity index (χ1n) is 6.95. The van der Waals surface area contributed by atoms with Crippen molar-refractivity contribution in [3.05, 3.63) is 46.6 Å². The van der Waals surface area contributed by atoms with Crippen LogP contribution in [0.5, 0.6) is 0 Å². The van der Waals surface area contributed by atoms with Gasteiger partial charge in [-0.05, 0) is 19.1 Å². The van der Waals surface area contributed by atoms with E-state index in [9.17, 15) is 9.59 Å². The summed E-state index contributed by atoms with van der Waals surface area (Å²) >= 11 is 0. The zero-order valence-electron chi connectivity index (χ0n) is 12.6. The molecule has 0 spiro atoms. The normalized spacial score (nSPS) is 12.1. The molecule has 2 rings (SSSR count). The van der Waals surface area contributed by atoms with Crippen LogP contribution in [0, 0.1) is 0 Å². The Morgan fingerprint density at radius 1 is 1.45 bits per heavy atom. The first-order chi connectivity index (χ1) is 10.6. The highest BCUT2D eigenvalue weighted by molar-refractivity contribution is 5.92. The van der Waals surface area contributed by atoms with Gasteiger partial charge in [0.2, 0.25) is 0 Å². The van der Waals surface area contributed by atoms with Gasteiger partial charge in [-0.1, -0.05) is 0 Å². The number of aromatic nitrogens is 4. The summed E-state index contributed by atoms with van der Waals surface area (Å²) in [6, 6.07) is 4.45. The number of nitrogens with zero attached hydrogens (tertiary/aromatic N) is 4. The van der Waals surface area contributed by atoms with Crippen molar-refractivity contribution in [3.63, 3.8) is 0 Å². The highest BCUT2D eigenvalue weighted by Gasteiger charge is 2.13. The molecule has 1 N–H and O–H groups in total. The third-order valence-corrected chi connectivity index (χ3v) is 3.00. The molecule has 0 bridgehead atoms. The summed E-state index contributed by atoms with van der Waals surface area (Å²) in [5, 5.41) is 11.0. The molecule has 2 heterocycles. The Morgan fingerprint density at radius 2 is 2.27 bits per heavy atom. The van der Waals surface area contributed by atoms with E-state index in [2.05, 4.69) is 15.5 Å². The Bertz CT molecular complexity index is 665. The summed E-state index contributed by atoms with van der Waals surface area (Å²) in [6.07, 6.45) is 3.51. The Labute approximate surface area is 127 Å². The van der Waals surface area contributed by atoms with Crippen molar-refractivity contribution >= 4 is 5.91 Å². The molecular weight excluding hydrogens is 286 g/mol. The fourth-order valence-corrected chi connectivity index (χ4v) is 1.94. The van der Waals surface area contributed by atoms with Gasteiger partial charge in [-0.15, -0.1) is 0 Å². The molecule has 0 saturated carbocycles. The minimum Gasteiger partial charge on any atom is -0.383 e. The molecule has 22 heavy (non-hydrogen) atoms. The van der Waals surface area contributed by atoms with Gasteiger partial charge < -0.3 is 10.1 Å². The SMILES string of the molecule is COCCn1nc(C(=O)NC(C)Cn2cccn2)ccc1=O. The summed E-state index contributed by atoms with van der Waals surface area (Å²) in [4.78, 5) is 23.8. The van der Waals surface area contributed by atoms with Crippen molar-refractivity contribution in [3.8, 4) is 0 Å². The number of nitrogens with one attached hydrogen (secondary N) is 1. The standard InChI is InChI=1S/C14H19N5O3/c1-11(10-18-7-3-6-15-18)16-14(21)12-4-5-13(20)19(17-12)8-9-22-2/h3-7,11H,8-10H2,1-2H3,(H,16,21). The quantitative estimate of drug-likeness (QED) is 0.771. The van der Waals surface area contributed by atoms with E-state index in [0.717, 1.165) is 0 Å². The van der Waals surface area contributed by atoms with Gasteiger partial charge in [-0.25, -0.2) is 4.68 Å². The second-order valence-electron chi connectivity index (χ2n) is 4.88. The molecule has 2 aromatic rings. The maximum Gasteiger partial charge on any atom is 0.271 e. The van der Waals surface area contributed by atoms with E-state index in [1.807, 2.05) is 19.2 Å². The number of carbonyl (C=O) groups is 1. The van der Waals surface area contributed by atoms with Crippen molar-refractivity contribution in [1.29, 1.82) is 0 Å². The Morgan fingerprint density at radius 3 is 2.95 bits per heavy atom. The van der Waals surface area contributed by atoms with Crippen molar-refractivity contribution in [2.75, 3.05) is 13.7 Å². The molecule has 8 nitrogen and oxygen atoms in total. The molecule has 0 saturated heterocycles. The van der Waals surface area contributed by atoms with E-state index in [-0.39, 0.29) is 23.2 Å². The van der Waals surface area contributed by atoms with Gasteiger partial charge in [0.15, 0.2) is 0 Å². The molecule has 0 radical (unpaired) electrons. The lowest BCUT2D eigenvalue weighted by molar-refractivity contribution is 0.0927. The van der Waals surface area contributed by atoms with Crippen LogP contribution in [0.2, 0.25) is 0 Å². The molecule has 0 fully saturated rings. The molecule has 0 aliphatic rings. The van der Waals surface area contributed by atoms with Gasteiger partial charge in [-0.3, -0.25) is 14.3 Å². The van der Waals surface area contributed by atoms with E-state index in [1.54, 1.807) is 18.0 Å². The number of carbonyl (C=O) groups excluding carboxylic acids is 1. The Balaban J connectivity index is 2.01. The van der Waals surface area contributed by atoms with Crippen LogP contribution in [0.3, 0.4) is 0 Å². The van der Waals surface area contributed by atoms with Gasteiger partial charge in [0, 0.05) is 31.6 Å². The maximum atomic E-state index is 12.2. The fourth-order valence-electron chi connectivity index (χ4n) is 1.94. The summed E-state index contributed by atoms with van der Waals surface area (Å²) < 4.78 is 7.87. The first kappa shape index (κ1) is 15.9. The predicted octanol–water partition coefficient (Wildman–Crippen LogP) is -0.0953. The van der Waals surface area contributed by atoms with Gasteiger partial charge >= 0.3 is 0 Å². The lowest BCUT2D eigenvalue weighted by atomic mass is 10.3. The van der Waals surface area contributed by atoms with Crippen molar-refractivity contribution in [2.24, 2.45) is 0 Å². The average molecular weight is 305 g/mol. The largest absolute Gasteiger partial charge is 0.383 e. The summed E-state index contributed by atoms with van der Waals surface area (Å²) in [5.74, 6) is -0.328. The fraction of sp³-hybridized carbons (Fsp3) is 0.429. The Hall–Kier alpha value is -2.48. The van der Waals surface area contributed by atoms with Crippen LogP contribution in [0.1, 0.15) is 17.4 Å². The third-order valence-electron chi connectivity index (χ3n) is 3.00. The number of hydrogen-bond acceptors (Lipinski definition) is 5. The van der Waals surface area contributed by atoms with Crippen LogP contribution in [-0.2, 0) is 17.8 Å². The second-order valence-corrected chi connectivity index (χ2v) is 4.88. The van der Waals surface area contributed by atoms with Crippen LogP contribution in [-0.4, -0.2) is 45.2 Å². The van der Waals surface area contributed by atoms with Gasteiger partial charge in [0.1, 0.15) is 5.69 Å². The molecule has 2 aromatic heterocycles. The highest BCUT2D eigenvalue weighted by atomic mass is 16.5. The molecule has 1 amide bonds. The molecule has 118 valence electrons. The zero-order chi connectivity index (χ0) is 15.9. The number of rotatable bonds is 7.